The molecule has 1 atom stereocenters. The largest absolute Gasteiger partial charge is 0.377 e. The lowest BCUT2D eigenvalue weighted by molar-refractivity contribution is -0.385. The molecule has 0 bridgehead atoms. The van der Waals surface area contributed by atoms with Gasteiger partial charge in [-0.2, -0.15) is 0 Å². The summed E-state index contributed by atoms with van der Waals surface area (Å²) in [6.07, 6.45) is 1.03. The number of nitro groups is 1. The molecule has 1 aromatic heterocycles. The van der Waals surface area contributed by atoms with Crippen molar-refractivity contribution in [2.75, 3.05) is 19.8 Å². The number of carbonyl (C=O) groups is 1. The predicted octanol–water partition coefficient (Wildman–Crippen LogP) is 1.50. The van der Waals surface area contributed by atoms with Crippen molar-refractivity contribution >= 4 is 23.2 Å². The Morgan fingerprint density at radius 2 is 2.42 bits per heavy atom. The second kappa shape index (κ2) is 5.50. The van der Waals surface area contributed by atoms with Crippen LogP contribution in [0.3, 0.4) is 0 Å². The van der Waals surface area contributed by atoms with Crippen molar-refractivity contribution in [3.05, 3.63) is 33.1 Å². The van der Waals surface area contributed by atoms with Crippen LogP contribution in [0.25, 0.3) is 0 Å². The molecule has 0 aromatic carbocycles. The first-order valence-electron chi connectivity index (χ1n) is 5.69. The maximum Gasteiger partial charge on any atom is 0.288 e. The van der Waals surface area contributed by atoms with E-state index in [1.807, 2.05) is 6.92 Å². The summed E-state index contributed by atoms with van der Waals surface area (Å²) >= 11 is 5.85. The van der Waals surface area contributed by atoms with Crippen LogP contribution in [0.5, 0.6) is 0 Å². The molecule has 0 spiro atoms. The van der Waals surface area contributed by atoms with Gasteiger partial charge >= 0.3 is 0 Å². The minimum Gasteiger partial charge on any atom is -0.377 e. The molecule has 7 nitrogen and oxygen atoms in total. The highest BCUT2D eigenvalue weighted by molar-refractivity contribution is 6.32. The fourth-order valence-corrected chi connectivity index (χ4v) is 2.05. The highest BCUT2D eigenvalue weighted by atomic mass is 35.5. The third-order valence-electron chi connectivity index (χ3n) is 2.89. The molecule has 0 aliphatic carbocycles. The molecule has 1 aliphatic heterocycles. The van der Waals surface area contributed by atoms with Gasteiger partial charge in [0.1, 0.15) is 11.3 Å². The van der Waals surface area contributed by atoms with E-state index >= 15 is 0 Å². The molecule has 19 heavy (non-hydrogen) atoms. The SMILES string of the molecule is C[C@@H]1COCCN1C(=O)c1cc([N+](=O)[O-])cnc1Cl. The molecule has 0 unspecified atom stereocenters. The van der Waals surface area contributed by atoms with Gasteiger partial charge in [0, 0.05) is 12.6 Å². The predicted molar refractivity (Wildman–Crippen MR) is 67.2 cm³/mol. The van der Waals surface area contributed by atoms with Gasteiger partial charge in [0.2, 0.25) is 0 Å². The normalized spacial score (nSPS) is 19.3. The topological polar surface area (TPSA) is 85.6 Å². The summed E-state index contributed by atoms with van der Waals surface area (Å²) < 4.78 is 5.24. The summed E-state index contributed by atoms with van der Waals surface area (Å²) in [7, 11) is 0. The fourth-order valence-electron chi connectivity index (χ4n) is 1.87. The third kappa shape index (κ3) is 2.82. The maximum atomic E-state index is 12.3. The zero-order valence-electron chi connectivity index (χ0n) is 10.2. The van der Waals surface area contributed by atoms with Crippen LogP contribution >= 0.6 is 11.6 Å². The monoisotopic (exact) mass is 285 g/mol. The maximum absolute atomic E-state index is 12.3. The smallest absolute Gasteiger partial charge is 0.288 e. The molecule has 8 heteroatoms. The van der Waals surface area contributed by atoms with E-state index in [0.29, 0.717) is 19.8 Å². The second-order valence-corrected chi connectivity index (χ2v) is 4.57. The third-order valence-corrected chi connectivity index (χ3v) is 3.20. The van der Waals surface area contributed by atoms with Crippen LogP contribution in [-0.2, 0) is 4.74 Å². The van der Waals surface area contributed by atoms with Crippen LogP contribution in [0, 0.1) is 10.1 Å². The van der Waals surface area contributed by atoms with Gasteiger partial charge < -0.3 is 9.64 Å². The van der Waals surface area contributed by atoms with Crippen molar-refractivity contribution < 1.29 is 14.5 Å². The lowest BCUT2D eigenvalue weighted by Gasteiger charge is -2.33. The molecular weight excluding hydrogens is 274 g/mol. The number of nitrogens with zero attached hydrogens (tertiary/aromatic N) is 3. The van der Waals surface area contributed by atoms with Crippen molar-refractivity contribution in [1.29, 1.82) is 0 Å². The highest BCUT2D eigenvalue weighted by Gasteiger charge is 2.27. The molecule has 0 saturated carbocycles. The summed E-state index contributed by atoms with van der Waals surface area (Å²) in [5, 5.41) is 10.7. The van der Waals surface area contributed by atoms with Crippen LogP contribution in [0.15, 0.2) is 12.3 Å². The van der Waals surface area contributed by atoms with Gasteiger partial charge in [-0.15, -0.1) is 0 Å². The summed E-state index contributed by atoms with van der Waals surface area (Å²) in [5.74, 6) is -0.364. The van der Waals surface area contributed by atoms with E-state index in [4.69, 9.17) is 16.3 Å². The summed E-state index contributed by atoms with van der Waals surface area (Å²) in [6, 6.07) is 1.05. The number of ether oxygens (including phenoxy) is 1. The number of rotatable bonds is 2. The number of amides is 1. The molecule has 1 amide bonds. The van der Waals surface area contributed by atoms with Crippen LogP contribution in [-0.4, -0.2) is 46.5 Å². The van der Waals surface area contributed by atoms with Gasteiger partial charge in [0.25, 0.3) is 11.6 Å². The Kier molecular flexibility index (Phi) is 3.96. The van der Waals surface area contributed by atoms with Crippen molar-refractivity contribution in [2.45, 2.75) is 13.0 Å². The Labute approximate surface area is 114 Å². The lowest BCUT2D eigenvalue weighted by atomic mass is 10.2. The molecule has 102 valence electrons. The van der Waals surface area contributed by atoms with E-state index in [2.05, 4.69) is 4.98 Å². The average molecular weight is 286 g/mol. The van der Waals surface area contributed by atoms with E-state index in [1.165, 1.54) is 0 Å². The molecular formula is C11H12ClN3O4. The van der Waals surface area contributed by atoms with Gasteiger partial charge in [0.15, 0.2) is 0 Å². The summed E-state index contributed by atoms with van der Waals surface area (Å²) in [6.45, 7) is 3.15. The quantitative estimate of drug-likeness (QED) is 0.467. The Bertz CT molecular complexity index is 523. The van der Waals surface area contributed by atoms with Crippen molar-refractivity contribution in [3.63, 3.8) is 0 Å². The number of aromatic nitrogens is 1. The van der Waals surface area contributed by atoms with E-state index in [9.17, 15) is 14.9 Å². The highest BCUT2D eigenvalue weighted by Crippen LogP contribution is 2.22. The van der Waals surface area contributed by atoms with Crippen LogP contribution < -0.4 is 0 Å². The molecule has 1 fully saturated rings. The summed E-state index contributed by atoms with van der Waals surface area (Å²) in [4.78, 5) is 27.7. The molecule has 1 aliphatic rings. The first-order valence-corrected chi connectivity index (χ1v) is 6.07. The molecule has 2 heterocycles. The lowest BCUT2D eigenvalue weighted by Crippen LogP contribution is -2.47. The van der Waals surface area contributed by atoms with Crippen molar-refractivity contribution in [2.24, 2.45) is 0 Å². The first-order chi connectivity index (χ1) is 9.00. The number of pyridine rings is 1. The Hall–Kier alpha value is -1.73. The van der Waals surface area contributed by atoms with E-state index in [1.54, 1.807) is 4.90 Å². The van der Waals surface area contributed by atoms with Crippen molar-refractivity contribution in [1.82, 2.24) is 9.88 Å². The standard InChI is InChI=1S/C11H12ClN3O4/c1-7-6-19-3-2-14(7)11(16)9-4-8(15(17)18)5-13-10(9)12/h4-5,7H,2-3,6H2,1H3/t7-/m1/s1. The molecule has 1 saturated heterocycles. The Morgan fingerprint density at radius 1 is 1.68 bits per heavy atom. The van der Waals surface area contributed by atoms with Crippen LogP contribution in [0.2, 0.25) is 5.15 Å². The average Bonchev–Trinajstić information content (AvgIpc) is 2.38. The summed E-state index contributed by atoms with van der Waals surface area (Å²) in [5.41, 5.74) is -0.210. The second-order valence-electron chi connectivity index (χ2n) is 4.21. The number of morpholine rings is 1. The van der Waals surface area contributed by atoms with Gasteiger partial charge in [-0.1, -0.05) is 11.6 Å². The van der Waals surface area contributed by atoms with Gasteiger partial charge in [-0.05, 0) is 6.92 Å². The first kappa shape index (κ1) is 13.7. The number of carbonyl (C=O) groups excluding carboxylic acids is 1. The van der Waals surface area contributed by atoms with E-state index in [-0.39, 0.29) is 28.4 Å². The Balaban J connectivity index is 2.32. The minimum atomic E-state index is -0.608. The molecule has 0 N–H and O–H groups in total. The number of hydrogen-bond donors (Lipinski definition) is 0. The van der Waals surface area contributed by atoms with Crippen LogP contribution in [0.4, 0.5) is 5.69 Å². The fraction of sp³-hybridized carbons (Fsp3) is 0.455. The van der Waals surface area contributed by atoms with Crippen molar-refractivity contribution in [3.8, 4) is 0 Å². The van der Waals surface area contributed by atoms with Gasteiger partial charge in [-0.3, -0.25) is 14.9 Å². The Morgan fingerprint density at radius 3 is 3.05 bits per heavy atom. The van der Waals surface area contributed by atoms with Gasteiger partial charge in [-0.25, -0.2) is 4.98 Å². The van der Waals surface area contributed by atoms with E-state index in [0.717, 1.165) is 12.3 Å². The molecule has 1 aromatic rings. The van der Waals surface area contributed by atoms with Gasteiger partial charge in [0.05, 0.1) is 29.7 Å². The number of halogens is 1. The van der Waals surface area contributed by atoms with E-state index < -0.39 is 4.92 Å². The minimum absolute atomic E-state index is 0.0331. The van der Waals surface area contributed by atoms with Crippen LogP contribution in [0.1, 0.15) is 17.3 Å². The zero-order valence-corrected chi connectivity index (χ0v) is 11.0. The zero-order chi connectivity index (χ0) is 14.0. The molecule has 2 rings (SSSR count). The number of hydrogen-bond acceptors (Lipinski definition) is 5. The molecule has 0 radical (unpaired) electrons.